The van der Waals surface area contributed by atoms with Gasteiger partial charge in [0.2, 0.25) is 5.91 Å². The van der Waals surface area contributed by atoms with E-state index >= 15 is 0 Å². The average molecular weight is 348 g/mol. The van der Waals surface area contributed by atoms with Crippen molar-refractivity contribution >= 4 is 5.91 Å². The van der Waals surface area contributed by atoms with Gasteiger partial charge >= 0.3 is 0 Å². The molecule has 1 fully saturated rings. The molecule has 1 aromatic carbocycles. The van der Waals surface area contributed by atoms with Crippen molar-refractivity contribution in [2.45, 2.75) is 52.2 Å². The summed E-state index contributed by atoms with van der Waals surface area (Å²) in [5.74, 6) is 1.66. The summed E-state index contributed by atoms with van der Waals surface area (Å²) < 4.78 is 5.65. The Morgan fingerprint density at radius 2 is 2.20 bits per heavy atom. The number of carbonyl (C=O) groups is 1. The van der Waals surface area contributed by atoms with Gasteiger partial charge in [-0.1, -0.05) is 19.1 Å². The maximum Gasteiger partial charge on any atom is 0.220 e. The Labute approximate surface area is 151 Å². The monoisotopic (exact) mass is 348 g/mol. The second-order valence-corrected chi connectivity index (χ2v) is 7.35. The van der Waals surface area contributed by atoms with Crippen LogP contribution in [0, 0.1) is 11.8 Å². The number of nitrogens with one attached hydrogen (secondary N) is 2. The highest BCUT2D eigenvalue weighted by Gasteiger charge is 2.22. The summed E-state index contributed by atoms with van der Waals surface area (Å²) in [6, 6.07) is 7.40. The van der Waals surface area contributed by atoms with Crippen LogP contribution in [0.25, 0.3) is 0 Å². The first kappa shape index (κ1) is 19.7. The number of amides is 1. The maximum absolute atomic E-state index is 12.2. The molecule has 0 aromatic heterocycles. The van der Waals surface area contributed by atoms with Crippen molar-refractivity contribution in [1.82, 2.24) is 10.6 Å². The van der Waals surface area contributed by atoms with Crippen LogP contribution in [-0.2, 0) is 4.79 Å². The normalized spacial score (nSPS) is 20.1. The van der Waals surface area contributed by atoms with Gasteiger partial charge in [0.25, 0.3) is 0 Å². The Balaban J connectivity index is 1.78. The number of aliphatic hydroxyl groups is 1. The van der Waals surface area contributed by atoms with E-state index in [0.717, 1.165) is 24.4 Å². The van der Waals surface area contributed by atoms with Crippen LogP contribution in [0.4, 0.5) is 0 Å². The van der Waals surface area contributed by atoms with E-state index in [9.17, 15) is 9.90 Å². The van der Waals surface area contributed by atoms with Crippen molar-refractivity contribution in [1.29, 1.82) is 0 Å². The lowest BCUT2D eigenvalue weighted by Gasteiger charge is -2.28. The van der Waals surface area contributed by atoms with Crippen molar-refractivity contribution in [3.63, 3.8) is 0 Å². The number of rotatable bonds is 8. The molecule has 5 heteroatoms. The summed E-state index contributed by atoms with van der Waals surface area (Å²) in [6.45, 7) is 8.37. The number of hydrogen-bond donors (Lipinski definition) is 3. The van der Waals surface area contributed by atoms with E-state index in [4.69, 9.17) is 4.74 Å². The molecule has 140 valence electrons. The lowest BCUT2D eigenvalue weighted by Crippen LogP contribution is -2.36. The molecule has 0 aliphatic carbocycles. The third kappa shape index (κ3) is 6.67. The molecule has 0 radical (unpaired) electrons. The molecule has 3 N–H and O–H groups in total. The minimum Gasteiger partial charge on any atom is -0.491 e. The molecular formula is C20H32N2O3. The van der Waals surface area contributed by atoms with Crippen molar-refractivity contribution < 1.29 is 14.6 Å². The summed E-state index contributed by atoms with van der Waals surface area (Å²) in [5.41, 5.74) is 0.753. The Morgan fingerprint density at radius 3 is 2.88 bits per heavy atom. The fourth-order valence-electron chi connectivity index (χ4n) is 3.29. The summed E-state index contributed by atoms with van der Waals surface area (Å²) in [7, 11) is 0. The second kappa shape index (κ2) is 9.78. The van der Waals surface area contributed by atoms with Gasteiger partial charge in [0, 0.05) is 13.0 Å². The van der Waals surface area contributed by atoms with Gasteiger partial charge in [-0.25, -0.2) is 0 Å². The van der Waals surface area contributed by atoms with Gasteiger partial charge in [-0.05, 0) is 69.3 Å². The van der Waals surface area contributed by atoms with Gasteiger partial charge in [-0.2, -0.15) is 0 Å². The molecule has 1 aliphatic rings. The van der Waals surface area contributed by atoms with Gasteiger partial charge in [0.05, 0.1) is 12.2 Å². The Bertz CT molecular complexity index is 541. The summed E-state index contributed by atoms with van der Waals surface area (Å²) in [6.07, 6.45) is 2.24. The van der Waals surface area contributed by atoms with Crippen molar-refractivity contribution in [2.24, 2.45) is 11.8 Å². The zero-order valence-corrected chi connectivity index (χ0v) is 15.6. The van der Waals surface area contributed by atoms with Crippen molar-refractivity contribution in [3.8, 4) is 5.75 Å². The third-order valence-electron chi connectivity index (χ3n) is 4.75. The molecule has 5 nitrogen and oxygen atoms in total. The standard InChI is InChI=1S/C20H32N2O3/c1-14(2)25-18-8-4-6-16(11-18)19(23)13-22-20(24)10-15(3)17-7-5-9-21-12-17/h4,6,8,11,14-15,17,19,21,23H,5,7,9-10,12-13H2,1-3H3,(H,22,24). The Hall–Kier alpha value is -1.59. The first-order valence-electron chi connectivity index (χ1n) is 9.37. The molecular weight excluding hydrogens is 316 g/mol. The van der Waals surface area contributed by atoms with Gasteiger partial charge < -0.3 is 20.5 Å². The predicted molar refractivity (Wildman–Crippen MR) is 99.6 cm³/mol. The van der Waals surface area contributed by atoms with E-state index in [0.29, 0.717) is 18.3 Å². The molecule has 0 saturated carbocycles. The minimum atomic E-state index is -0.730. The van der Waals surface area contributed by atoms with Crippen LogP contribution in [0.1, 0.15) is 51.7 Å². The Kier molecular flexibility index (Phi) is 7.72. The summed E-state index contributed by atoms with van der Waals surface area (Å²) >= 11 is 0. The highest BCUT2D eigenvalue weighted by atomic mass is 16.5. The third-order valence-corrected chi connectivity index (χ3v) is 4.75. The van der Waals surface area contributed by atoms with Crippen LogP contribution in [0.3, 0.4) is 0 Å². The molecule has 1 aliphatic heterocycles. The first-order chi connectivity index (χ1) is 12.0. The van der Waals surface area contributed by atoms with Crippen LogP contribution >= 0.6 is 0 Å². The zero-order valence-electron chi connectivity index (χ0n) is 15.6. The lowest BCUT2D eigenvalue weighted by atomic mass is 9.85. The quantitative estimate of drug-likeness (QED) is 0.675. The molecule has 0 bridgehead atoms. The van der Waals surface area contributed by atoms with Crippen molar-refractivity contribution in [3.05, 3.63) is 29.8 Å². The molecule has 1 saturated heterocycles. The van der Waals surface area contributed by atoms with Gasteiger partial charge in [0.1, 0.15) is 5.75 Å². The van der Waals surface area contributed by atoms with E-state index in [1.54, 1.807) is 0 Å². The van der Waals surface area contributed by atoms with Crippen LogP contribution in [0.5, 0.6) is 5.75 Å². The van der Waals surface area contributed by atoms with E-state index in [2.05, 4.69) is 17.6 Å². The molecule has 1 amide bonds. The van der Waals surface area contributed by atoms with E-state index < -0.39 is 6.10 Å². The fourth-order valence-corrected chi connectivity index (χ4v) is 3.29. The van der Waals surface area contributed by atoms with E-state index in [1.165, 1.54) is 12.8 Å². The van der Waals surface area contributed by atoms with E-state index in [1.807, 2.05) is 38.1 Å². The van der Waals surface area contributed by atoms with Crippen LogP contribution in [-0.4, -0.2) is 36.8 Å². The predicted octanol–water partition coefficient (Wildman–Crippen LogP) is 2.65. The maximum atomic E-state index is 12.2. The summed E-state index contributed by atoms with van der Waals surface area (Å²) in [4.78, 5) is 12.2. The highest BCUT2D eigenvalue weighted by Crippen LogP contribution is 2.23. The van der Waals surface area contributed by atoms with Crippen LogP contribution in [0.2, 0.25) is 0 Å². The number of benzene rings is 1. The van der Waals surface area contributed by atoms with Gasteiger partial charge in [-0.15, -0.1) is 0 Å². The molecule has 0 spiro atoms. The van der Waals surface area contributed by atoms with Gasteiger partial charge in [-0.3, -0.25) is 4.79 Å². The SMILES string of the molecule is CC(C)Oc1cccc(C(O)CNC(=O)CC(C)C2CCCNC2)c1. The topological polar surface area (TPSA) is 70.6 Å². The molecule has 3 unspecified atom stereocenters. The van der Waals surface area contributed by atoms with Crippen LogP contribution in [0.15, 0.2) is 24.3 Å². The number of hydrogen-bond acceptors (Lipinski definition) is 4. The number of carbonyl (C=O) groups excluding carboxylic acids is 1. The lowest BCUT2D eigenvalue weighted by molar-refractivity contribution is -0.122. The van der Waals surface area contributed by atoms with Gasteiger partial charge in [0.15, 0.2) is 0 Å². The number of aliphatic hydroxyl groups excluding tert-OH is 1. The zero-order chi connectivity index (χ0) is 18.2. The molecule has 1 heterocycles. The fraction of sp³-hybridized carbons (Fsp3) is 0.650. The second-order valence-electron chi connectivity index (χ2n) is 7.35. The largest absolute Gasteiger partial charge is 0.491 e. The smallest absolute Gasteiger partial charge is 0.220 e. The highest BCUT2D eigenvalue weighted by molar-refractivity contribution is 5.76. The average Bonchev–Trinajstić information content (AvgIpc) is 2.60. The summed E-state index contributed by atoms with van der Waals surface area (Å²) in [5, 5.41) is 16.6. The van der Waals surface area contributed by atoms with Crippen molar-refractivity contribution in [2.75, 3.05) is 19.6 Å². The first-order valence-corrected chi connectivity index (χ1v) is 9.37. The molecule has 2 rings (SSSR count). The number of piperidine rings is 1. The minimum absolute atomic E-state index is 0.00621. The molecule has 1 aromatic rings. The molecule has 3 atom stereocenters. The Morgan fingerprint density at radius 1 is 1.40 bits per heavy atom. The van der Waals surface area contributed by atoms with E-state index in [-0.39, 0.29) is 18.6 Å². The van der Waals surface area contributed by atoms with Crippen LogP contribution < -0.4 is 15.4 Å². The molecule has 25 heavy (non-hydrogen) atoms. The number of ether oxygens (including phenoxy) is 1.